The van der Waals surface area contributed by atoms with E-state index >= 15 is 0 Å². The smallest absolute Gasteiger partial charge is 0.0531 e. The number of nitrogens with zero attached hydrogens (tertiary/aromatic N) is 1. The van der Waals surface area contributed by atoms with Crippen molar-refractivity contribution in [2.75, 3.05) is 5.32 Å². The monoisotopic (exact) mass is 280 g/mol. The van der Waals surface area contributed by atoms with Crippen LogP contribution in [-0.4, -0.2) is 4.98 Å². The molecular weight excluding hydrogens is 267 g/mol. The molecular formula is C14H14Cl2N2. The maximum absolute atomic E-state index is 6.17. The fourth-order valence-electron chi connectivity index (χ4n) is 1.73. The van der Waals surface area contributed by atoms with Crippen LogP contribution in [0, 0.1) is 6.92 Å². The molecule has 0 aliphatic rings. The molecule has 2 rings (SSSR count). The van der Waals surface area contributed by atoms with Crippen molar-refractivity contribution in [3.8, 4) is 0 Å². The molecule has 1 aromatic carbocycles. The van der Waals surface area contributed by atoms with Gasteiger partial charge in [-0.15, -0.1) is 0 Å². The first-order chi connectivity index (χ1) is 8.56. The van der Waals surface area contributed by atoms with E-state index in [0.717, 1.165) is 16.9 Å². The Hall–Kier alpha value is -1.25. The van der Waals surface area contributed by atoms with Crippen LogP contribution in [0.4, 0.5) is 5.69 Å². The average molecular weight is 281 g/mol. The van der Waals surface area contributed by atoms with Crippen molar-refractivity contribution in [2.45, 2.75) is 19.9 Å². The first-order valence-electron chi connectivity index (χ1n) is 5.70. The lowest BCUT2D eigenvalue weighted by Crippen LogP contribution is -2.07. The summed E-state index contributed by atoms with van der Waals surface area (Å²) in [6.45, 7) is 4.00. The first-order valence-corrected chi connectivity index (χ1v) is 6.46. The van der Waals surface area contributed by atoms with E-state index in [1.165, 1.54) is 0 Å². The maximum Gasteiger partial charge on any atom is 0.0531 e. The molecule has 1 heterocycles. The third-order valence-corrected chi connectivity index (χ3v) is 3.30. The molecule has 2 nitrogen and oxygen atoms in total. The summed E-state index contributed by atoms with van der Waals surface area (Å²) in [5.41, 5.74) is 2.93. The number of pyridine rings is 1. The van der Waals surface area contributed by atoms with Gasteiger partial charge >= 0.3 is 0 Å². The molecule has 1 N–H and O–H groups in total. The van der Waals surface area contributed by atoms with Crippen LogP contribution in [-0.2, 0) is 0 Å². The predicted octanol–water partition coefficient (Wildman–Crippen LogP) is 4.87. The van der Waals surface area contributed by atoms with E-state index < -0.39 is 0 Å². The summed E-state index contributed by atoms with van der Waals surface area (Å²) in [7, 11) is 0. The molecule has 0 aliphatic heterocycles. The molecule has 0 fully saturated rings. The van der Waals surface area contributed by atoms with Gasteiger partial charge in [0.25, 0.3) is 0 Å². The van der Waals surface area contributed by atoms with Crippen LogP contribution in [0.3, 0.4) is 0 Å². The lowest BCUT2D eigenvalue weighted by Gasteiger charge is -2.17. The minimum absolute atomic E-state index is 0.0701. The van der Waals surface area contributed by atoms with Crippen LogP contribution in [0.1, 0.15) is 24.2 Å². The van der Waals surface area contributed by atoms with Gasteiger partial charge < -0.3 is 5.32 Å². The van der Waals surface area contributed by atoms with Crippen LogP contribution < -0.4 is 5.32 Å². The third kappa shape index (κ3) is 3.15. The van der Waals surface area contributed by atoms with Gasteiger partial charge in [-0.25, -0.2) is 0 Å². The molecule has 1 atom stereocenters. The molecule has 4 heteroatoms. The Morgan fingerprint density at radius 3 is 2.61 bits per heavy atom. The summed E-state index contributed by atoms with van der Waals surface area (Å²) < 4.78 is 0. The summed E-state index contributed by atoms with van der Waals surface area (Å²) in [5, 5.41) is 4.74. The van der Waals surface area contributed by atoms with Gasteiger partial charge in [-0.05, 0) is 49.7 Å². The lowest BCUT2D eigenvalue weighted by molar-refractivity contribution is 0.882. The number of benzene rings is 1. The largest absolute Gasteiger partial charge is 0.377 e. The van der Waals surface area contributed by atoms with Crippen LogP contribution >= 0.6 is 23.2 Å². The average Bonchev–Trinajstić information content (AvgIpc) is 2.35. The van der Waals surface area contributed by atoms with Gasteiger partial charge in [0.05, 0.1) is 17.9 Å². The molecule has 1 unspecified atom stereocenters. The van der Waals surface area contributed by atoms with Crippen molar-refractivity contribution in [3.05, 3.63) is 57.8 Å². The third-order valence-electron chi connectivity index (χ3n) is 2.72. The van der Waals surface area contributed by atoms with Gasteiger partial charge in [0.2, 0.25) is 0 Å². The van der Waals surface area contributed by atoms with Crippen molar-refractivity contribution >= 4 is 28.9 Å². The van der Waals surface area contributed by atoms with Gasteiger partial charge in [-0.2, -0.15) is 0 Å². The standard InChI is InChI=1S/C14H14Cl2N2/c1-9-3-5-12(8-17-9)18-10(2)13-7-11(15)4-6-14(13)16/h3-8,10,18H,1-2H3. The Balaban J connectivity index is 2.18. The summed E-state index contributed by atoms with van der Waals surface area (Å²) in [5.74, 6) is 0. The van der Waals surface area contributed by atoms with Crippen LogP contribution in [0.25, 0.3) is 0 Å². The molecule has 0 radical (unpaired) electrons. The van der Waals surface area contributed by atoms with E-state index in [-0.39, 0.29) is 6.04 Å². The van der Waals surface area contributed by atoms with E-state index in [4.69, 9.17) is 23.2 Å². The van der Waals surface area contributed by atoms with Crippen molar-refractivity contribution in [1.82, 2.24) is 4.98 Å². The number of aryl methyl sites for hydroxylation is 1. The zero-order valence-electron chi connectivity index (χ0n) is 10.2. The highest BCUT2D eigenvalue weighted by atomic mass is 35.5. The summed E-state index contributed by atoms with van der Waals surface area (Å²) in [4.78, 5) is 4.24. The minimum atomic E-state index is 0.0701. The fourth-order valence-corrected chi connectivity index (χ4v) is 2.19. The molecule has 0 aliphatic carbocycles. The summed E-state index contributed by atoms with van der Waals surface area (Å²) >= 11 is 12.2. The zero-order chi connectivity index (χ0) is 13.1. The highest BCUT2D eigenvalue weighted by Crippen LogP contribution is 2.28. The van der Waals surface area contributed by atoms with Gasteiger partial charge in [-0.3, -0.25) is 4.98 Å². The van der Waals surface area contributed by atoms with Crippen molar-refractivity contribution in [1.29, 1.82) is 0 Å². The Morgan fingerprint density at radius 2 is 1.94 bits per heavy atom. The quantitative estimate of drug-likeness (QED) is 0.868. The second-order valence-corrected chi connectivity index (χ2v) is 5.06. The number of nitrogens with one attached hydrogen (secondary N) is 1. The van der Waals surface area contributed by atoms with Crippen molar-refractivity contribution < 1.29 is 0 Å². The Kier molecular flexibility index (Phi) is 4.10. The Labute approximate surface area is 117 Å². The number of rotatable bonds is 3. The van der Waals surface area contributed by atoms with E-state index in [1.807, 2.05) is 44.3 Å². The van der Waals surface area contributed by atoms with Gasteiger partial charge in [0.15, 0.2) is 0 Å². The highest BCUT2D eigenvalue weighted by molar-refractivity contribution is 6.33. The predicted molar refractivity (Wildman–Crippen MR) is 77.5 cm³/mol. The van der Waals surface area contributed by atoms with Crippen LogP contribution in [0.5, 0.6) is 0 Å². The molecule has 0 amide bonds. The van der Waals surface area contributed by atoms with Gasteiger partial charge in [0.1, 0.15) is 0 Å². The zero-order valence-corrected chi connectivity index (χ0v) is 11.8. The van der Waals surface area contributed by atoms with Crippen molar-refractivity contribution in [2.24, 2.45) is 0 Å². The van der Waals surface area contributed by atoms with Crippen LogP contribution in [0.15, 0.2) is 36.5 Å². The minimum Gasteiger partial charge on any atom is -0.377 e. The van der Waals surface area contributed by atoms with Crippen LogP contribution in [0.2, 0.25) is 10.0 Å². The molecule has 0 saturated heterocycles. The number of anilines is 1. The second kappa shape index (κ2) is 5.59. The molecule has 2 aromatic rings. The summed E-state index contributed by atoms with van der Waals surface area (Å²) in [6.07, 6.45) is 1.81. The highest BCUT2D eigenvalue weighted by Gasteiger charge is 2.10. The van der Waals surface area contributed by atoms with E-state index in [1.54, 1.807) is 6.07 Å². The normalized spacial score (nSPS) is 12.2. The molecule has 94 valence electrons. The van der Waals surface area contributed by atoms with Gasteiger partial charge in [-0.1, -0.05) is 23.2 Å². The molecule has 1 aromatic heterocycles. The molecule has 0 saturated carbocycles. The fraction of sp³-hybridized carbons (Fsp3) is 0.214. The number of hydrogen-bond donors (Lipinski definition) is 1. The molecule has 18 heavy (non-hydrogen) atoms. The van der Waals surface area contributed by atoms with Crippen molar-refractivity contribution in [3.63, 3.8) is 0 Å². The number of halogens is 2. The number of hydrogen-bond acceptors (Lipinski definition) is 2. The Morgan fingerprint density at radius 1 is 1.17 bits per heavy atom. The van der Waals surface area contributed by atoms with E-state index in [0.29, 0.717) is 10.0 Å². The van der Waals surface area contributed by atoms with Gasteiger partial charge in [0, 0.05) is 15.7 Å². The second-order valence-electron chi connectivity index (χ2n) is 4.22. The SMILES string of the molecule is Cc1ccc(NC(C)c2cc(Cl)ccc2Cl)cn1. The molecule has 0 bridgehead atoms. The first kappa shape index (κ1) is 13.2. The topological polar surface area (TPSA) is 24.9 Å². The van der Waals surface area contributed by atoms with E-state index in [2.05, 4.69) is 10.3 Å². The summed E-state index contributed by atoms with van der Waals surface area (Å²) in [6, 6.07) is 9.51. The molecule has 0 spiro atoms. The lowest BCUT2D eigenvalue weighted by atomic mass is 10.1. The number of aromatic nitrogens is 1. The Bertz CT molecular complexity index is 538. The van der Waals surface area contributed by atoms with E-state index in [9.17, 15) is 0 Å². The maximum atomic E-state index is 6.17.